The smallest absolute Gasteiger partial charge is 0.164 e. The minimum atomic E-state index is -0.337. The maximum absolute atomic E-state index is 12.2. The summed E-state index contributed by atoms with van der Waals surface area (Å²) in [5.74, 6) is 1.07. The second-order valence-corrected chi connectivity index (χ2v) is 13.4. The van der Waals surface area contributed by atoms with E-state index in [1.165, 1.54) is 28.0 Å². The summed E-state index contributed by atoms with van der Waals surface area (Å²) in [6.07, 6.45) is 4.75. The van der Waals surface area contributed by atoms with E-state index in [1.807, 2.05) is 54.5 Å². The number of aliphatic hydroxyl groups excluding tert-OH is 1. The molecule has 3 aromatic carbocycles. The first-order valence-corrected chi connectivity index (χ1v) is 15.8. The van der Waals surface area contributed by atoms with E-state index in [2.05, 4.69) is 76.2 Å². The van der Waals surface area contributed by atoms with Crippen molar-refractivity contribution in [3.63, 3.8) is 0 Å². The summed E-state index contributed by atoms with van der Waals surface area (Å²) in [6, 6.07) is 20.4. The summed E-state index contributed by atoms with van der Waals surface area (Å²) in [7, 11) is 0. The first-order chi connectivity index (χ1) is 20.1. The van der Waals surface area contributed by atoms with Crippen LogP contribution in [0.5, 0.6) is 0 Å². The third-order valence-electron chi connectivity index (χ3n) is 9.55. The zero-order chi connectivity index (χ0) is 32.2. The number of hydrogen-bond acceptors (Lipinski definition) is 4. The summed E-state index contributed by atoms with van der Waals surface area (Å²) in [4.78, 5) is 21.8. The topological polar surface area (TPSA) is 63.1 Å². The van der Waals surface area contributed by atoms with E-state index in [9.17, 15) is 9.90 Å². The summed E-state index contributed by atoms with van der Waals surface area (Å²) >= 11 is 0. The van der Waals surface area contributed by atoms with Gasteiger partial charge in [0.1, 0.15) is 11.6 Å². The van der Waals surface area contributed by atoms with Gasteiger partial charge in [0, 0.05) is 42.4 Å². The minimum absolute atomic E-state index is 0. The predicted molar refractivity (Wildman–Crippen MR) is 183 cm³/mol. The monoisotopic (exact) mass is 772 g/mol. The van der Waals surface area contributed by atoms with Crippen LogP contribution in [0.1, 0.15) is 105 Å². The predicted octanol–water partition coefficient (Wildman–Crippen LogP) is 10.8. The number of aliphatic hydroxyl groups is 1. The summed E-state index contributed by atoms with van der Waals surface area (Å²) < 4.78 is 0. The molecule has 0 saturated carbocycles. The van der Waals surface area contributed by atoms with Crippen molar-refractivity contribution in [2.75, 3.05) is 0 Å². The van der Waals surface area contributed by atoms with Crippen LogP contribution in [0, 0.1) is 30.7 Å². The molecule has 0 aliphatic heterocycles. The van der Waals surface area contributed by atoms with Crippen molar-refractivity contribution in [1.82, 2.24) is 9.97 Å². The first-order valence-electron chi connectivity index (χ1n) is 15.8. The van der Waals surface area contributed by atoms with E-state index in [4.69, 9.17) is 9.97 Å². The fourth-order valence-corrected chi connectivity index (χ4v) is 5.21. The van der Waals surface area contributed by atoms with Crippen LogP contribution in [0.3, 0.4) is 0 Å². The van der Waals surface area contributed by atoms with Gasteiger partial charge in [-0.25, -0.2) is 4.98 Å². The molecule has 0 bridgehead atoms. The molecule has 0 aliphatic rings. The number of carbonyl (C=O) groups excluding carboxylic acids is 1. The summed E-state index contributed by atoms with van der Waals surface area (Å²) in [5, 5.41) is 13.7. The van der Waals surface area contributed by atoms with E-state index < -0.39 is 0 Å². The number of aryl methyl sites for hydroxylation is 2. The van der Waals surface area contributed by atoms with Gasteiger partial charge in [0.15, 0.2) is 5.78 Å². The number of benzene rings is 3. The third kappa shape index (κ3) is 8.03. The summed E-state index contributed by atoms with van der Waals surface area (Å²) in [6.45, 7) is 22.9. The Morgan fingerprint density at radius 3 is 1.93 bits per heavy atom. The van der Waals surface area contributed by atoms with Gasteiger partial charge in [-0.1, -0.05) is 92.6 Å². The molecule has 0 unspecified atom stereocenters. The molecular formula is C39H51IrN2O2-. The van der Waals surface area contributed by atoms with Crippen LogP contribution in [-0.4, -0.2) is 20.9 Å². The van der Waals surface area contributed by atoms with Crippen molar-refractivity contribution in [3.05, 3.63) is 83.4 Å². The van der Waals surface area contributed by atoms with Crippen molar-refractivity contribution in [3.8, 4) is 11.3 Å². The van der Waals surface area contributed by atoms with Crippen LogP contribution in [0.15, 0.2) is 60.4 Å². The molecule has 239 valence electrons. The van der Waals surface area contributed by atoms with Gasteiger partial charge in [0.25, 0.3) is 0 Å². The number of aromatic nitrogens is 2. The number of rotatable bonds is 8. The molecule has 1 aromatic heterocycles. The fourth-order valence-electron chi connectivity index (χ4n) is 5.21. The fraction of sp³-hybridized carbons (Fsp3) is 0.462. The number of fused-ring (bicyclic) bond motifs is 3. The van der Waals surface area contributed by atoms with Gasteiger partial charge >= 0.3 is 0 Å². The van der Waals surface area contributed by atoms with E-state index in [-0.39, 0.29) is 47.9 Å². The van der Waals surface area contributed by atoms with Crippen LogP contribution in [0.4, 0.5) is 0 Å². The SMILES string of the molecule is CCC(C)(CC)C(=O)/C=C(\O)C(C)(CC)CC.Cc1nc(-c2[c-]ccc(C(C)(C)C)c2)c2cc(C)c3ccccc3c2n1.[Ir]. The van der Waals surface area contributed by atoms with Gasteiger partial charge in [-0.2, -0.15) is 0 Å². The largest absolute Gasteiger partial charge is 0.512 e. The van der Waals surface area contributed by atoms with Gasteiger partial charge in [-0.15, -0.1) is 35.4 Å². The molecule has 0 aliphatic carbocycles. The number of hydrogen-bond donors (Lipinski definition) is 1. The van der Waals surface area contributed by atoms with E-state index in [0.717, 1.165) is 53.7 Å². The molecule has 4 rings (SSSR count). The van der Waals surface area contributed by atoms with Crippen molar-refractivity contribution in [2.24, 2.45) is 10.8 Å². The minimum Gasteiger partial charge on any atom is -0.512 e. The van der Waals surface area contributed by atoms with Gasteiger partial charge in [-0.3, -0.25) is 9.78 Å². The Morgan fingerprint density at radius 2 is 1.39 bits per heavy atom. The third-order valence-corrected chi connectivity index (χ3v) is 9.55. The second kappa shape index (κ2) is 14.9. The van der Waals surface area contributed by atoms with Crippen molar-refractivity contribution >= 4 is 27.5 Å². The average Bonchev–Trinajstić information content (AvgIpc) is 3.00. The molecule has 1 heterocycles. The molecule has 0 atom stereocenters. The first kappa shape index (κ1) is 37.3. The van der Waals surface area contributed by atoms with Gasteiger partial charge < -0.3 is 5.11 Å². The zero-order valence-electron chi connectivity index (χ0n) is 28.6. The van der Waals surface area contributed by atoms with Crippen molar-refractivity contribution in [2.45, 2.75) is 107 Å². The van der Waals surface area contributed by atoms with Crippen LogP contribution in [0.25, 0.3) is 32.9 Å². The van der Waals surface area contributed by atoms with E-state index in [1.54, 1.807) is 0 Å². The molecule has 1 radical (unpaired) electrons. The Labute approximate surface area is 279 Å². The number of carbonyl (C=O) groups is 1. The van der Waals surface area contributed by atoms with Crippen LogP contribution in [0.2, 0.25) is 0 Å². The molecule has 0 fully saturated rings. The zero-order valence-corrected chi connectivity index (χ0v) is 31.0. The maximum atomic E-state index is 12.2. The van der Waals surface area contributed by atoms with Crippen LogP contribution in [-0.2, 0) is 30.3 Å². The van der Waals surface area contributed by atoms with Gasteiger partial charge in [0.2, 0.25) is 0 Å². The number of nitrogens with zero attached hydrogens (tertiary/aromatic N) is 2. The van der Waals surface area contributed by atoms with E-state index >= 15 is 0 Å². The Bertz CT molecular complexity index is 1620. The standard InChI is InChI=1S/C24H23N2.C15H28O2.Ir/c1-15-13-21-22(17-9-8-10-18(14-17)24(3,4)5)25-16(2)26-23(21)20-12-7-6-11-19(15)20;1-7-14(5,8-2)12(16)11-13(17)15(6,9-3)10-4;/h6-8,10-14H,1-5H3;11,16H,7-10H2,1-6H3;/q-1;;/b;12-11-;. The second-order valence-electron chi connectivity index (χ2n) is 13.4. The molecule has 0 saturated heterocycles. The molecule has 1 N–H and O–H groups in total. The molecule has 0 spiro atoms. The van der Waals surface area contributed by atoms with Crippen LogP contribution >= 0.6 is 0 Å². The normalized spacial score (nSPS) is 12.5. The molecule has 0 amide bonds. The van der Waals surface area contributed by atoms with Crippen LogP contribution < -0.4 is 0 Å². The molecular weight excluding hydrogens is 721 g/mol. The summed E-state index contributed by atoms with van der Waals surface area (Å²) in [5.41, 5.74) is 5.03. The van der Waals surface area contributed by atoms with Crippen molar-refractivity contribution in [1.29, 1.82) is 0 Å². The number of ketones is 1. The maximum Gasteiger partial charge on any atom is 0.164 e. The Kier molecular flexibility index (Phi) is 12.7. The van der Waals surface area contributed by atoms with E-state index in [0.29, 0.717) is 0 Å². The molecule has 5 heteroatoms. The molecule has 4 aromatic rings. The van der Waals surface area contributed by atoms with Gasteiger partial charge in [0.05, 0.1) is 5.52 Å². The Balaban J connectivity index is 0.000000331. The quantitative estimate of drug-likeness (QED) is 0.0839. The number of allylic oxidation sites excluding steroid dienone is 2. The van der Waals surface area contributed by atoms with Crippen molar-refractivity contribution < 1.29 is 30.0 Å². The average molecular weight is 772 g/mol. The molecule has 44 heavy (non-hydrogen) atoms. The van der Waals surface area contributed by atoms with Gasteiger partial charge in [-0.05, 0) is 67.0 Å². The molecule has 4 nitrogen and oxygen atoms in total. The Morgan fingerprint density at radius 1 is 0.818 bits per heavy atom. The Hall–Kier alpha value is -2.88.